The van der Waals surface area contributed by atoms with Crippen LogP contribution in [0.4, 0.5) is 0 Å². The van der Waals surface area contributed by atoms with Gasteiger partial charge in [-0.2, -0.15) is 0 Å². The van der Waals surface area contributed by atoms with Crippen LogP contribution in [0.25, 0.3) is 0 Å². The van der Waals surface area contributed by atoms with Gasteiger partial charge in [0, 0.05) is 13.1 Å². The van der Waals surface area contributed by atoms with Crippen molar-refractivity contribution in [2.75, 3.05) is 13.1 Å². The Morgan fingerprint density at radius 3 is 2.73 bits per heavy atom. The van der Waals surface area contributed by atoms with Gasteiger partial charge >= 0.3 is 0 Å². The number of nitrogens with one attached hydrogen (secondary N) is 3. The number of hydrogen-bond acceptors (Lipinski definition) is 3. The van der Waals surface area contributed by atoms with Crippen LogP contribution in [0, 0.1) is 0 Å². The average Bonchev–Trinajstić information content (AvgIpc) is 2.84. The summed E-state index contributed by atoms with van der Waals surface area (Å²) in [5.74, 6) is 0. The summed E-state index contributed by atoms with van der Waals surface area (Å²) in [7, 11) is 0. The van der Waals surface area contributed by atoms with Gasteiger partial charge in [-0.1, -0.05) is 0 Å². The Kier molecular flexibility index (Phi) is 2.14. The molecule has 2 aliphatic rings. The fourth-order valence-corrected chi connectivity index (χ4v) is 2.58. The third-order valence-electron chi connectivity index (χ3n) is 3.40. The van der Waals surface area contributed by atoms with Crippen LogP contribution in [0.3, 0.4) is 0 Å². The summed E-state index contributed by atoms with van der Waals surface area (Å²) in [4.78, 5) is 11.6. The maximum absolute atomic E-state index is 11.6. The highest BCUT2D eigenvalue weighted by molar-refractivity contribution is 5.22. The molecule has 3 N–H and O–H groups in total. The Morgan fingerprint density at radius 2 is 1.93 bits per heavy atom. The summed E-state index contributed by atoms with van der Waals surface area (Å²) < 4.78 is 2.10. The second-order valence-corrected chi connectivity index (χ2v) is 4.32. The Labute approximate surface area is 87.8 Å². The molecule has 1 saturated heterocycles. The van der Waals surface area contributed by atoms with E-state index in [2.05, 4.69) is 20.4 Å². The van der Waals surface area contributed by atoms with Crippen LogP contribution < -0.4 is 16.2 Å². The van der Waals surface area contributed by atoms with Crippen LogP contribution in [0.15, 0.2) is 4.79 Å². The van der Waals surface area contributed by atoms with Gasteiger partial charge < -0.3 is 10.6 Å². The molecule has 0 bridgehead atoms. The van der Waals surface area contributed by atoms with E-state index >= 15 is 0 Å². The third kappa shape index (κ3) is 1.42. The highest BCUT2D eigenvalue weighted by Gasteiger charge is 2.24. The van der Waals surface area contributed by atoms with Crippen molar-refractivity contribution < 1.29 is 0 Å². The minimum absolute atomic E-state index is 0.0912. The first-order valence-electron chi connectivity index (χ1n) is 5.60. The van der Waals surface area contributed by atoms with Crippen molar-refractivity contribution in [2.24, 2.45) is 0 Å². The van der Waals surface area contributed by atoms with Crippen LogP contribution in [-0.2, 0) is 13.1 Å². The predicted molar refractivity (Wildman–Crippen MR) is 56.7 cm³/mol. The van der Waals surface area contributed by atoms with E-state index in [-0.39, 0.29) is 5.56 Å². The number of H-pyrrole nitrogens is 1. The van der Waals surface area contributed by atoms with Gasteiger partial charge in [-0.3, -0.25) is 14.6 Å². The molecule has 5 heteroatoms. The number of piperidine rings is 1. The van der Waals surface area contributed by atoms with Crippen molar-refractivity contribution >= 4 is 0 Å². The second-order valence-electron chi connectivity index (χ2n) is 4.32. The SMILES string of the molecule is O=c1[nH]n(C2CCNCC2)c2c1CNC2. The summed E-state index contributed by atoms with van der Waals surface area (Å²) >= 11 is 0. The van der Waals surface area contributed by atoms with E-state index in [0.29, 0.717) is 6.04 Å². The summed E-state index contributed by atoms with van der Waals surface area (Å²) in [5.41, 5.74) is 2.20. The smallest absolute Gasteiger partial charge is 0.268 e. The fraction of sp³-hybridized carbons (Fsp3) is 0.700. The second kappa shape index (κ2) is 3.50. The molecule has 3 heterocycles. The minimum atomic E-state index is 0.0912. The van der Waals surface area contributed by atoms with E-state index in [1.54, 1.807) is 0 Å². The lowest BCUT2D eigenvalue weighted by Crippen LogP contribution is -2.31. The Balaban J connectivity index is 1.97. The number of aromatic nitrogens is 2. The summed E-state index contributed by atoms with van der Waals surface area (Å²) in [6, 6.07) is 0.475. The molecule has 82 valence electrons. The molecule has 0 aromatic carbocycles. The molecular formula is C10H16N4O. The van der Waals surface area contributed by atoms with Crippen LogP contribution in [0.2, 0.25) is 0 Å². The summed E-state index contributed by atoms with van der Waals surface area (Å²) in [5, 5.41) is 9.55. The number of hydrogen-bond donors (Lipinski definition) is 3. The zero-order valence-corrected chi connectivity index (χ0v) is 8.68. The standard InChI is InChI=1S/C10H16N4O/c15-10-8-5-12-6-9(8)14(13-10)7-1-3-11-4-2-7/h7,11-12H,1-6H2,(H,13,15). The first kappa shape index (κ1) is 9.18. The van der Waals surface area contributed by atoms with E-state index in [1.165, 1.54) is 5.69 Å². The predicted octanol–water partition coefficient (Wildman–Crippen LogP) is -0.296. The van der Waals surface area contributed by atoms with Crippen molar-refractivity contribution in [1.29, 1.82) is 0 Å². The van der Waals surface area contributed by atoms with Crippen LogP contribution in [0.1, 0.15) is 30.1 Å². The van der Waals surface area contributed by atoms with Crippen LogP contribution in [-0.4, -0.2) is 22.9 Å². The molecule has 0 radical (unpaired) electrons. The molecule has 0 amide bonds. The molecule has 5 nitrogen and oxygen atoms in total. The number of fused-ring (bicyclic) bond motifs is 1. The highest BCUT2D eigenvalue weighted by Crippen LogP contribution is 2.22. The maximum atomic E-state index is 11.6. The zero-order chi connectivity index (χ0) is 10.3. The lowest BCUT2D eigenvalue weighted by Gasteiger charge is -2.25. The molecule has 0 unspecified atom stereocenters. The zero-order valence-electron chi connectivity index (χ0n) is 8.68. The Bertz CT molecular complexity index is 414. The summed E-state index contributed by atoms with van der Waals surface area (Å²) in [6.45, 7) is 3.65. The summed E-state index contributed by atoms with van der Waals surface area (Å²) in [6.07, 6.45) is 2.22. The monoisotopic (exact) mass is 208 g/mol. The third-order valence-corrected chi connectivity index (χ3v) is 3.40. The van der Waals surface area contributed by atoms with E-state index in [0.717, 1.165) is 44.6 Å². The lowest BCUT2D eigenvalue weighted by atomic mass is 10.1. The molecule has 15 heavy (non-hydrogen) atoms. The van der Waals surface area contributed by atoms with Crippen molar-refractivity contribution in [3.63, 3.8) is 0 Å². The van der Waals surface area contributed by atoms with Gasteiger partial charge in [-0.05, 0) is 25.9 Å². The highest BCUT2D eigenvalue weighted by atomic mass is 16.1. The molecule has 1 aromatic heterocycles. The van der Waals surface area contributed by atoms with Gasteiger partial charge in [-0.25, -0.2) is 0 Å². The molecule has 0 aliphatic carbocycles. The molecule has 3 rings (SSSR count). The molecule has 1 fully saturated rings. The van der Waals surface area contributed by atoms with Crippen LogP contribution in [0.5, 0.6) is 0 Å². The number of aromatic amines is 1. The maximum Gasteiger partial charge on any atom is 0.268 e. The first-order valence-corrected chi connectivity index (χ1v) is 5.60. The Hall–Kier alpha value is -1.07. The van der Waals surface area contributed by atoms with Crippen LogP contribution >= 0.6 is 0 Å². The van der Waals surface area contributed by atoms with Gasteiger partial charge in [0.05, 0.1) is 17.3 Å². The largest absolute Gasteiger partial charge is 0.317 e. The average molecular weight is 208 g/mol. The Morgan fingerprint density at radius 1 is 1.13 bits per heavy atom. The number of nitrogens with zero attached hydrogens (tertiary/aromatic N) is 1. The normalized spacial score (nSPS) is 21.9. The van der Waals surface area contributed by atoms with E-state index < -0.39 is 0 Å². The topological polar surface area (TPSA) is 61.9 Å². The van der Waals surface area contributed by atoms with Crippen molar-refractivity contribution in [3.8, 4) is 0 Å². The van der Waals surface area contributed by atoms with E-state index in [1.807, 2.05) is 0 Å². The van der Waals surface area contributed by atoms with Crippen molar-refractivity contribution in [2.45, 2.75) is 32.0 Å². The lowest BCUT2D eigenvalue weighted by molar-refractivity contribution is 0.333. The van der Waals surface area contributed by atoms with E-state index in [4.69, 9.17) is 0 Å². The molecule has 0 atom stereocenters. The van der Waals surface area contributed by atoms with Crippen molar-refractivity contribution in [3.05, 3.63) is 21.6 Å². The first-order chi connectivity index (χ1) is 7.36. The van der Waals surface area contributed by atoms with Gasteiger partial charge in [0.1, 0.15) is 0 Å². The minimum Gasteiger partial charge on any atom is -0.317 e. The van der Waals surface area contributed by atoms with Gasteiger partial charge in [-0.15, -0.1) is 0 Å². The molecule has 2 aliphatic heterocycles. The van der Waals surface area contributed by atoms with Gasteiger partial charge in [0.2, 0.25) is 0 Å². The van der Waals surface area contributed by atoms with Gasteiger partial charge in [0.15, 0.2) is 0 Å². The molecule has 1 aromatic rings. The number of rotatable bonds is 1. The quantitative estimate of drug-likeness (QED) is 0.594. The molecule has 0 spiro atoms. The molecule has 0 saturated carbocycles. The van der Waals surface area contributed by atoms with E-state index in [9.17, 15) is 4.79 Å². The fourth-order valence-electron chi connectivity index (χ4n) is 2.58. The van der Waals surface area contributed by atoms with Crippen molar-refractivity contribution in [1.82, 2.24) is 20.4 Å². The van der Waals surface area contributed by atoms with Gasteiger partial charge in [0.25, 0.3) is 5.56 Å². The molecular weight excluding hydrogens is 192 g/mol.